The van der Waals surface area contributed by atoms with Gasteiger partial charge in [-0.2, -0.15) is 10.2 Å². The summed E-state index contributed by atoms with van der Waals surface area (Å²) < 4.78 is 2.84. The maximum atomic E-state index is 11.4. The first kappa shape index (κ1) is 39.4. The zero-order valence-electron chi connectivity index (χ0n) is 27.5. The molecule has 248 valence electrons. The summed E-state index contributed by atoms with van der Waals surface area (Å²) >= 11 is 0. The van der Waals surface area contributed by atoms with Crippen LogP contribution in [-0.4, -0.2) is 36.5 Å². The molecule has 3 aromatic heterocycles. The van der Waals surface area contributed by atoms with Crippen LogP contribution >= 0.6 is 7.92 Å². The van der Waals surface area contributed by atoms with Gasteiger partial charge in [-0.3, -0.25) is 4.98 Å². The summed E-state index contributed by atoms with van der Waals surface area (Å²) in [6.45, 7) is 8.22. The van der Waals surface area contributed by atoms with E-state index in [9.17, 15) is 9.90 Å². The van der Waals surface area contributed by atoms with E-state index in [1.54, 1.807) is 12.4 Å². The zero-order chi connectivity index (χ0) is 34.2. The molecule has 11 heteroatoms. The van der Waals surface area contributed by atoms with Crippen LogP contribution in [0.25, 0.3) is 0 Å². The molecular formula is C37H39N5O4PRu+. The van der Waals surface area contributed by atoms with Crippen molar-refractivity contribution in [1.82, 2.24) is 24.5 Å². The molecule has 6 rings (SSSR count). The van der Waals surface area contributed by atoms with Crippen LogP contribution in [0.2, 0.25) is 0 Å². The summed E-state index contributed by atoms with van der Waals surface area (Å²) in [6, 6.07) is 41.9. The van der Waals surface area contributed by atoms with Crippen LogP contribution in [-0.2, 0) is 29.1 Å². The maximum absolute atomic E-state index is 11.4. The Hall–Kier alpha value is -4.78. The molecule has 48 heavy (non-hydrogen) atoms. The van der Waals surface area contributed by atoms with Gasteiger partial charge < -0.3 is 19.8 Å². The van der Waals surface area contributed by atoms with Crippen LogP contribution in [0.4, 0.5) is 0 Å². The number of hydrogen-bond donors (Lipinski definition) is 0. The van der Waals surface area contributed by atoms with Crippen molar-refractivity contribution in [2.45, 2.75) is 40.8 Å². The molecule has 0 aliphatic heterocycles. The standard InChI is InChI=1S/C18H15P.C12H16N4O2.C5H5N.C2H4O2.Ru/c1-4-10-16(11-5-1)19(17-12-6-2-7-13-17)18-14-8-3-9-15-18;1-7-5-9(3)15(13-7)11(12(17)18)16-10(4)6-8(2)14-16;1-2-4-6-5-3-1;1-2(3)4;/h1-15H;5-6,11H,1-4H3,(H,17,18);1-5H;1H3,(H,3,4);/q;;;;+2/p-1. The first-order valence-electron chi connectivity index (χ1n) is 14.9. The molecule has 0 saturated carbocycles. The van der Waals surface area contributed by atoms with Crippen molar-refractivity contribution in [2.75, 3.05) is 0 Å². The fraction of sp³-hybridized carbons (Fsp3) is 0.162. The third-order valence-corrected chi connectivity index (χ3v) is 9.25. The van der Waals surface area contributed by atoms with E-state index in [2.05, 4.69) is 106 Å². The number of aromatic nitrogens is 5. The predicted octanol–water partition coefficient (Wildman–Crippen LogP) is 3.12. The quantitative estimate of drug-likeness (QED) is 0.189. The van der Waals surface area contributed by atoms with Gasteiger partial charge in [0.2, 0.25) is 0 Å². The van der Waals surface area contributed by atoms with Gasteiger partial charge in [-0.05, 0) is 95.3 Å². The fourth-order valence-electron chi connectivity index (χ4n) is 4.72. The molecule has 0 unspecified atom stereocenters. The summed E-state index contributed by atoms with van der Waals surface area (Å²) in [7, 11) is -0.877. The minimum absolute atomic E-state index is 0. The molecular weight excluding hydrogens is 710 g/mol. The largest absolute Gasteiger partial charge is 2.00 e. The molecule has 0 amide bonds. The van der Waals surface area contributed by atoms with Crippen molar-refractivity contribution in [3.05, 3.63) is 156 Å². The molecule has 0 radical (unpaired) electrons. The van der Waals surface area contributed by atoms with Gasteiger partial charge in [0.25, 0.3) is 0 Å². The second-order valence-electron chi connectivity index (χ2n) is 10.4. The number of aliphatic carboxylic acids is 2. The number of nitrogens with zero attached hydrogens (tertiary/aromatic N) is 5. The summed E-state index contributed by atoms with van der Waals surface area (Å²) in [4.78, 5) is 24.1. The van der Waals surface area contributed by atoms with Crippen molar-refractivity contribution in [3.8, 4) is 0 Å². The van der Waals surface area contributed by atoms with Gasteiger partial charge in [0, 0.05) is 29.8 Å². The normalized spacial score (nSPS) is 9.90. The van der Waals surface area contributed by atoms with E-state index in [1.807, 2.05) is 58.0 Å². The van der Waals surface area contributed by atoms with Crippen molar-refractivity contribution < 1.29 is 39.3 Å². The van der Waals surface area contributed by atoms with Gasteiger partial charge in [0.15, 0.2) is 6.17 Å². The molecule has 0 spiro atoms. The van der Waals surface area contributed by atoms with Crippen molar-refractivity contribution in [3.63, 3.8) is 0 Å². The Morgan fingerprint density at radius 2 is 0.917 bits per heavy atom. The van der Waals surface area contributed by atoms with Crippen molar-refractivity contribution >= 4 is 35.8 Å². The number of carboxylic acids is 2. The molecule has 0 fully saturated rings. The molecule has 3 heterocycles. The smallest absolute Gasteiger partial charge is 0.550 e. The van der Waals surface area contributed by atoms with Gasteiger partial charge in [0.1, 0.15) is 15.9 Å². The number of benzene rings is 3. The SMILES string of the molecule is CC(=O)[O-].Cc1cc(C)n(C(C(=O)[O-])n2nc(C)cc2C)n1.[Ru+2].c1ccc([PH+](c2ccccc2)c2ccccc2)cc1.c1ccncc1. The van der Waals surface area contributed by atoms with Crippen LogP contribution in [0.15, 0.2) is 134 Å². The topological polar surface area (TPSA) is 129 Å². The van der Waals surface area contributed by atoms with E-state index in [-0.39, 0.29) is 19.5 Å². The Morgan fingerprint density at radius 3 is 1.12 bits per heavy atom. The number of aryl methyl sites for hydroxylation is 4. The first-order chi connectivity index (χ1) is 22.6. The molecule has 0 saturated heterocycles. The molecule has 0 atom stereocenters. The number of carboxylic acid groups (broad SMARTS) is 2. The van der Waals surface area contributed by atoms with Crippen LogP contribution in [0.1, 0.15) is 35.9 Å². The zero-order valence-corrected chi connectivity index (χ0v) is 30.2. The summed E-state index contributed by atoms with van der Waals surface area (Å²) in [5.41, 5.74) is 3.05. The Morgan fingerprint density at radius 1 is 0.604 bits per heavy atom. The average molecular weight is 750 g/mol. The molecule has 3 aromatic carbocycles. The van der Waals surface area contributed by atoms with Crippen molar-refractivity contribution in [1.29, 1.82) is 0 Å². The van der Waals surface area contributed by atoms with Gasteiger partial charge in [0.05, 0.1) is 25.3 Å². The number of pyridine rings is 1. The minimum atomic E-state index is -1.23. The first-order valence-corrected chi connectivity index (χ1v) is 16.4. The molecule has 9 nitrogen and oxygen atoms in total. The van der Waals surface area contributed by atoms with E-state index in [0.717, 1.165) is 29.7 Å². The predicted molar refractivity (Wildman–Crippen MR) is 184 cm³/mol. The van der Waals surface area contributed by atoms with Gasteiger partial charge in [-0.25, -0.2) is 9.36 Å². The van der Waals surface area contributed by atoms with E-state index in [4.69, 9.17) is 9.90 Å². The second kappa shape index (κ2) is 20.5. The number of carbonyl (C=O) groups is 2. The average Bonchev–Trinajstić information content (AvgIpc) is 3.58. The van der Waals surface area contributed by atoms with E-state index >= 15 is 0 Å². The Balaban J connectivity index is 0.000000256. The Kier molecular flexibility index (Phi) is 16.8. The number of rotatable bonds is 6. The Labute approximate surface area is 295 Å². The number of hydrogen-bond acceptors (Lipinski definition) is 7. The van der Waals surface area contributed by atoms with E-state index in [1.165, 1.54) is 25.3 Å². The van der Waals surface area contributed by atoms with Crippen LogP contribution < -0.4 is 26.1 Å². The van der Waals surface area contributed by atoms with Gasteiger partial charge in [-0.1, -0.05) is 60.7 Å². The Bertz CT molecular complexity index is 1630. The van der Waals surface area contributed by atoms with E-state index < -0.39 is 26.0 Å². The van der Waals surface area contributed by atoms with Crippen LogP contribution in [0.3, 0.4) is 0 Å². The fourth-order valence-corrected chi connectivity index (χ4v) is 7.30. The second-order valence-corrected chi connectivity index (χ2v) is 12.9. The maximum Gasteiger partial charge on any atom is 2.00 e. The third kappa shape index (κ3) is 12.4. The molecule has 6 aromatic rings. The van der Waals surface area contributed by atoms with E-state index in [0.29, 0.717) is 0 Å². The van der Waals surface area contributed by atoms with Crippen LogP contribution in [0.5, 0.6) is 0 Å². The van der Waals surface area contributed by atoms with Crippen LogP contribution in [0, 0.1) is 27.7 Å². The molecule has 0 aliphatic carbocycles. The summed E-state index contributed by atoms with van der Waals surface area (Å²) in [6.07, 6.45) is 2.45. The summed E-state index contributed by atoms with van der Waals surface area (Å²) in [5.74, 6) is -2.31. The molecule has 0 aliphatic rings. The molecule has 0 bridgehead atoms. The monoisotopic (exact) mass is 750 g/mol. The van der Waals surface area contributed by atoms with Gasteiger partial charge >= 0.3 is 19.5 Å². The molecule has 0 N–H and O–H groups in total. The van der Waals surface area contributed by atoms with Crippen molar-refractivity contribution in [2.24, 2.45) is 0 Å². The third-order valence-electron chi connectivity index (χ3n) is 6.52. The van der Waals surface area contributed by atoms with Gasteiger partial charge in [-0.15, -0.1) is 0 Å². The summed E-state index contributed by atoms with van der Waals surface area (Å²) in [5, 5.41) is 33.0. The minimum Gasteiger partial charge on any atom is -0.550 e. The number of carbonyl (C=O) groups excluding carboxylic acids is 2.